The van der Waals surface area contributed by atoms with Crippen molar-refractivity contribution in [2.45, 2.75) is 43.4 Å². The number of likely N-dealkylation sites (tertiary alicyclic amines) is 1. The summed E-state index contributed by atoms with van der Waals surface area (Å²) in [5.74, 6) is -0.607. The molecule has 0 aromatic heterocycles. The number of hydrogen-bond donors (Lipinski definition) is 2. The van der Waals surface area contributed by atoms with Crippen LogP contribution in [-0.2, 0) is 14.8 Å². The van der Waals surface area contributed by atoms with E-state index in [4.69, 9.17) is 5.73 Å². The average Bonchev–Trinajstić information content (AvgIpc) is 2.77. The maximum Gasteiger partial charge on any atom is 0.251 e. The molecule has 1 aromatic carbocycles. The highest BCUT2D eigenvalue weighted by molar-refractivity contribution is 7.89. The molecule has 0 saturated carbocycles. The van der Waals surface area contributed by atoms with E-state index in [0.29, 0.717) is 31.7 Å². The van der Waals surface area contributed by atoms with Gasteiger partial charge in [-0.3, -0.25) is 9.59 Å². The number of carbonyl (C=O) groups excluding carboxylic acids is 2. The van der Waals surface area contributed by atoms with Crippen LogP contribution in [0.2, 0.25) is 0 Å². The molecule has 3 rings (SSSR count). The van der Waals surface area contributed by atoms with Crippen molar-refractivity contribution in [1.29, 1.82) is 0 Å². The fourth-order valence-corrected chi connectivity index (χ4v) is 5.71. The Balaban J connectivity index is 1.50. The molecular weight excluding hydrogens is 404 g/mol. The number of rotatable bonds is 8. The summed E-state index contributed by atoms with van der Waals surface area (Å²) in [5, 5.41) is 2.87. The Hall–Kier alpha value is -1.97. The van der Waals surface area contributed by atoms with Gasteiger partial charge in [0, 0.05) is 31.7 Å². The van der Waals surface area contributed by atoms with Crippen LogP contribution in [0.1, 0.15) is 48.9 Å². The fraction of sp³-hybridized carbons (Fsp3) is 0.619. The third kappa shape index (κ3) is 5.80. The van der Waals surface area contributed by atoms with Crippen LogP contribution in [0.5, 0.6) is 0 Å². The summed E-state index contributed by atoms with van der Waals surface area (Å²) in [6.07, 6.45) is 5.35. The molecule has 30 heavy (non-hydrogen) atoms. The smallest absolute Gasteiger partial charge is 0.251 e. The first kappa shape index (κ1) is 22.7. The number of benzene rings is 1. The SMILES string of the molecule is NC(=O)C1CCCN(CCCNC(=O)c2cccc(S(=O)(=O)N3CCCCC3)c2)C1. The molecule has 1 atom stereocenters. The molecule has 166 valence electrons. The molecule has 0 aliphatic carbocycles. The fourth-order valence-electron chi connectivity index (χ4n) is 4.15. The Morgan fingerprint density at radius 1 is 1.10 bits per heavy atom. The number of nitrogens with two attached hydrogens (primary N) is 1. The van der Waals surface area contributed by atoms with Gasteiger partial charge in [0.05, 0.1) is 10.8 Å². The van der Waals surface area contributed by atoms with Crippen LogP contribution in [0.25, 0.3) is 0 Å². The maximum absolute atomic E-state index is 12.8. The Labute approximate surface area is 178 Å². The minimum atomic E-state index is -3.56. The summed E-state index contributed by atoms with van der Waals surface area (Å²) in [7, 11) is -3.56. The van der Waals surface area contributed by atoms with Crippen molar-refractivity contribution in [2.24, 2.45) is 11.7 Å². The van der Waals surface area contributed by atoms with Crippen molar-refractivity contribution in [1.82, 2.24) is 14.5 Å². The van der Waals surface area contributed by atoms with Crippen molar-refractivity contribution in [3.05, 3.63) is 29.8 Å². The first-order chi connectivity index (χ1) is 14.4. The van der Waals surface area contributed by atoms with Gasteiger partial charge in [-0.05, 0) is 63.4 Å². The second kappa shape index (κ2) is 10.4. The van der Waals surface area contributed by atoms with Crippen molar-refractivity contribution < 1.29 is 18.0 Å². The van der Waals surface area contributed by atoms with Crippen molar-refractivity contribution in [3.63, 3.8) is 0 Å². The molecule has 0 bridgehead atoms. The van der Waals surface area contributed by atoms with Gasteiger partial charge >= 0.3 is 0 Å². The van der Waals surface area contributed by atoms with Gasteiger partial charge in [-0.15, -0.1) is 0 Å². The molecule has 2 fully saturated rings. The van der Waals surface area contributed by atoms with E-state index in [0.717, 1.165) is 51.6 Å². The zero-order chi connectivity index (χ0) is 21.6. The lowest BCUT2D eigenvalue weighted by atomic mass is 9.97. The van der Waals surface area contributed by atoms with Gasteiger partial charge in [0.15, 0.2) is 0 Å². The van der Waals surface area contributed by atoms with Gasteiger partial charge in [0.2, 0.25) is 15.9 Å². The van der Waals surface area contributed by atoms with Gasteiger partial charge in [-0.2, -0.15) is 4.31 Å². The minimum Gasteiger partial charge on any atom is -0.369 e. The van der Waals surface area contributed by atoms with Gasteiger partial charge in [-0.25, -0.2) is 8.42 Å². The molecule has 1 unspecified atom stereocenters. The number of sulfonamides is 1. The minimum absolute atomic E-state index is 0.0852. The Bertz CT molecular complexity index is 852. The third-order valence-electron chi connectivity index (χ3n) is 5.89. The normalized spacial score (nSPS) is 21.3. The molecule has 0 radical (unpaired) electrons. The van der Waals surface area contributed by atoms with E-state index >= 15 is 0 Å². The van der Waals surface area contributed by atoms with Crippen molar-refractivity contribution >= 4 is 21.8 Å². The second-order valence-corrected chi connectivity index (χ2v) is 10.1. The monoisotopic (exact) mass is 436 g/mol. The molecule has 2 amide bonds. The first-order valence-electron chi connectivity index (χ1n) is 10.8. The Morgan fingerprint density at radius 2 is 1.87 bits per heavy atom. The van der Waals surface area contributed by atoms with Crippen LogP contribution in [0.3, 0.4) is 0 Å². The van der Waals surface area contributed by atoms with Crippen LogP contribution in [0, 0.1) is 5.92 Å². The lowest BCUT2D eigenvalue weighted by Crippen LogP contribution is -2.42. The third-order valence-corrected chi connectivity index (χ3v) is 7.79. The van der Waals surface area contributed by atoms with Gasteiger partial charge < -0.3 is 16.0 Å². The summed E-state index contributed by atoms with van der Waals surface area (Å²) in [4.78, 5) is 26.2. The standard InChI is InChI=1S/C21H32N4O4S/c22-20(26)18-8-5-11-24(16-18)12-6-10-23-21(27)17-7-4-9-19(15-17)30(28,29)25-13-2-1-3-14-25/h4,7,9,15,18H,1-3,5-6,8,10-14,16H2,(H2,22,26)(H,23,27). The predicted octanol–water partition coefficient (Wildman–Crippen LogP) is 1.18. The van der Waals surface area contributed by atoms with Crippen LogP contribution in [-0.4, -0.2) is 68.7 Å². The number of primary amides is 1. The summed E-state index contributed by atoms with van der Waals surface area (Å²) < 4.78 is 27.2. The molecule has 0 spiro atoms. The van der Waals surface area contributed by atoms with Crippen LogP contribution < -0.4 is 11.1 Å². The number of amides is 2. The number of nitrogens with one attached hydrogen (secondary N) is 1. The summed E-state index contributed by atoms with van der Waals surface area (Å²) in [5.41, 5.74) is 5.76. The van der Waals surface area contributed by atoms with E-state index in [9.17, 15) is 18.0 Å². The molecule has 2 aliphatic rings. The zero-order valence-electron chi connectivity index (χ0n) is 17.4. The highest BCUT2D eigenvalue weighted by Gasteiger charge is 2.26. The van der Waals surface area contributed by atoms with E-state index in [2.05, 4.69) is 10.2 Å². The summed E-state index contributed by atoms with van der Waals surface area (Å²) in [6, 6.07) is 6.25. The average molecular weight is 437 g/mol. The highest BCUT2D eigenvalue weighted by Crippen LogP contribution is 2.21. The van der Waals surface area contributed by atoms with Gasteiger partial charge in [0.25, 0.3) is 5.91 Å². The van der Waals surface area contributed by atoms with E-state index in [1.807, 2.05) is 0 Å². The van der Waals surface area contributed by atoms with Gasteiger partial charge in [0.1, 0.15) is 0 Å². The maximum atomic E-state index is 12.8. The molecule has 2 saturated heterocycles. The van der Waals surface area contributed by atoms with E-state index in [1.165, 1.54) is 10.4 Å². The second-order valence-electron chi connectivity index (χ2n) is 8.14. The number of carbonyl (C=O) groups is 2. The van der Waals surface area contributed by atoms with Crippen molar-refractivity contribution in [2.75, 3.05) is 39.3 Å². The van der Waals surface area contributed by atoms with Crippen LogP contribution in [0.4, 0.5) is 0 Å². The topological polar surface area (TPSA) is 113 Å². The molecule has 9 heteroatoms. The Morgan fingerprint density at radius 3 is 2.60 bits per heavy atom. The highest BCUT2D eigenvalue weighted by atomic mass is 32.2. The molecule has 8 nitrogen and oxygen atoms in total. The quantitative estimate of drug-likeness (QED) is 0.594. The van der Waals surface area contributed by atoms with Gasteiger partial charge in [-0.1, -0.05) is 12.5 Å². The van der Waals surface area contributed by atoms with Crippen molar-refractivity contribution in [3.8, 4) is 0 Å². The summed E-state index contributed by atoms with van der Waals surface area (Å²) in [6.45, 7) is 3.96. The lowest BCUT2D eigenvalue weighted by Gasteiger charge is -2.31. The number of hydrogen-bond acceptors (Lipinski definition) is 5. The molecule has 1 aromatic rings. The van der Waals surface area contributed by atoms with E-state index in [-0.39, 0.29) is 22.6 Å². The van der Waals surface area contributed by atoms with E-state index in [1.54, 1.807) is 18.2 Å². The zero-order valence-corrected chi connectivity index (χ0v) is 18.2. The molecular formula is C21H32N4O4S. The lowest BCUT2D eigenvalue weighted by molar-refractivity contribution is -0.123. The number of piperidine rings is 2. The summed E-state index contributed by atoms with van der Waals surface area (Å²) >= 11 is 0. The molecule has 2 heterocycles. The molecule has 2 aliphatic heterocycles. The predicted molar refractivity (Wildman–Crippen MR) is 114 cm³/mol. The number of nitrogens with zero attached hydrogens (tertiary/aromatic N) is 2. The van der Waals surface area contributed by atoms with Crippen LogP contribution >= 0.6 is 0 Å². The largest absolute Gasteiger partial charge is 0.369 e. The van der Waals surface area contributed by atoms with Crippen LogP contribution in [0.15, 0.2) is 29.2 Å². The first-order valence-corrected chi connectivity index (χ1v) is 12.2. The van der Waals surface area contributed by atoms with E-state index < -0.39 is 10.0 Å². The molecule has 3 N–H and O–H groups in total. The Kier molecular flexibility index (Phi) is 7.85.